The number of carbonyl (C=O) groups excluding carboxylic acids is 2. The minimum Gasteiger partial charge on any atom is -0.351 e. The molecule has 124 valence electrons. The summed E-state index contributed by atoms with van der Waals surface area (Å²) in [7, 11) is 0. The predicted octanol–water partition coefficient (Wildman–Crippen LogP) is 3.79. The first-order valence-corrected chi connectivity index (χ1v) is 8.70. The Morgan fingerprint density at radius 3 is 2.21 bits per heavy atom. The van der Waals surface area contributed by atoms with Gasteiger partial charge in [-0.2, -0.15) is 0 Å². The second-order valence-corrected chi connectivity index (χ2v) is 7.13. The molecule has 0 heterocycles. The fourth-order valence-electron chi connectivity index (χ4n) is 2.52. The minimum absolute atomic E-state index is 0.197. The van der Waals surface area contributed by atoms with Gasteiger partial charge < -0.3 is 10.6 Å². The topological polar surface area (TPSA) is 58.2 Å². The molecule has 1 aliphatic rings. The van der Waals surface area contributed by atoms with Crippen molar-refractivity contribution in [3.63, 3.8) is 0 Å². The van der Waals surface area contributed by atoms with Crippen molar-refractivity contribution in [3.05, 3.63) is 64.1 Å². The van der Waals surface area contributed by atoms with Crippen LogP contribution in [-0.4, -0.2) is 11.8 Å². The van der Waals surface area contributed by atoms with E-state index in [0.29, 0.717) is 25.1 Å². The third-order valence-electron chi connectivity index (χ3n) is 4.30. The highest BCUT2D eigenvalue weighted by molar-refractivity contribution is 9.10. The summed E-state index contributed by atoms with van der Waals surface area (Å²) in [5.74, 6) is -0.427. The van der Waals surface area contributed by atoms with Crippen LogP contribution < -0.4 is 10.6 Å². The Balaban J connectivity index is 1.60. The molecule has 4 nitrogen and oxygen atoms in total. The van der Waals surface area contributed by atoms with Gasteiger partial charge in [0.2, 0.25) is 11.8 Å². The number of amides is 2. The molecule has 2 N–H and O–H groups in total. The maximum Gasteiger partial charge on any atom is 0.240 e. The fourth-order valence-corrected chi connectivity index (χ4v) is 2.79. The van der Waals surface area contributed by atoms with Crippen LogP contribution in [0.4, 0.5) is 5.69 Å². The highest BCUT2D eigenvalue weighted by Crippen LogP contribution is 2.46. The van der Waals surface area contributed by atoms with E-state index >= 15 is 0 Å². The van der Waals surface area contributed by atoms with Gasteiger partial charge in [0.1, 0.15) is 5.41 Å². The van der Waals surface area contributed by atoms with Crippen LogP contribution in [0.15, 0.2) is 53.0 Å². The summed E-state index contributed by atoms with van der Waals surface area (Å²) in [6.07, 6.45) is 1.18. The van der Waals surface area contributed by atoms with Crippen molar-refractivity contribution in [1.82, 2.24) is 5.32 Å². The maximum atomic E-state index is 12.5. The number of carbonyl (C=O) groups is 2. The maximum absolute atomic E-state index is 12.5. The summed E-state index contributed by atoms with van der Waals surface area (Å²) < 4.78 is 0.942. The Bertz CT molecular complexity index is 750. The van der Waals surface area contributed by atoms with Crippen molar-refractivity contribution in [1.29, 1.82) is 0 Å². The van der Waals surface area contributed by atoms with Crippen LogP contribution >= 0.6 is 15.9 Å². The van der Waals surface area contributed by atoms with Crippen molar-refractivity contribution in [3.8, 4) is 0 Å². The lowest BCUT2D eigenvalue weighted by atomic mass is 10.0. The molecule has 0 atom stereocenters. The fraction of sp³-hybridized carbons (Fsp3) is 0.263. The van der Waals surface area contributed by atoms with E-state index in [1.807, 2.05) is 55.5 Å². The van der Waals surface area contributed by atoms with Crippen LogP contribution in [-0.2, 0) is 16.1 Å². The first-order valence-electron chi connectivity index (χ1n) is 7.90. The van der Waals surface area contributed by atoms with Crippen molar-refractivity contribution in [2.24, 2.45) is 5.41 Å². The Labute approximate surface area is 149 Å². The number of benzene rings is 2. The second-order valence-electron chi connectivity index (χ2n) is 6.21. The number of hydrogen-bond donors (Lipinski definition) is 2. The van der Waals surface area contributed by atoms with E-state index in [0.717, 1.165) is 10.0 Å². The largest absolute Gasteiger partial charge is 0.351 e. The first-order chi connectivity index (χ1) is 11.5. The van der Waals surface area contributed by atoms with E-state index in [-0.39, 0.29) is 11.8 Å². The van der Waals surface area contributed by atoms with Gasteiger partial charge in [-0.15, -0.1) is 0 Å². The van der Waals surface area contributed by atoms with Gasteiger partial charge >= 0.3 is 0 Å². The molecule has 1 fully saturated rings. The van der Waals surface area contributed by atoms with E-state index in [2.05, 4.69) is 26.6 Å². The molecule has 0 radical (unpaired) electrons. The van der Waals surface area contributed by atoms with Gasteiger partial charge in [0.15, 0.2) is 0 Å². The van der Waals surface area contributed by atoms with Crippen LogP contribution in [0.2, 0.25) is 0 Å². The van der Waals surface area contributed by atoms with E-state index in [9.17, 15) is 9.59 Å². The van der Waals surface area contributed by atoms with Crippen LogP contribution in [0.1, 0.15) is 24.0 Å². The molecule has 0 aromatic heterocycles. The van der Waals surface area contributed by atoms with E-state index in [1.54, 1.807) is 0 Å². The summed E-state index contributed by atoms with van der Waals surface area (Å²) in [5, 5.41) is 5.73. The van der Waals surface area contributed by atoms with Gasteiger partial charge in [0, 0.05) is 16.7 Å². The van der Waals surface area contributed by atoms with Gasteiger partial charge in [0.25, 0.3) is 0 Å². The molecule has 1 aliphatic carbocycles. The molecular weight excluding hydrogens is 368 g/mol. The zero-order chi connectivity index (χ0) is 17.2. The Morgan fingerprint density at radius 2 is 1.62 bits per heavy atom. The number of halogens is 1. The molecule has 2 aromatic rings. The summed E-state index contributed by atoms with van der Waals surface area (Å²) >= 11 is 3.36. The van der Waals surface area contributed by atoms with Gasteiger partial charge in [-0.1, -0.05) is 45.8 Å². The number of aryl methyl sites for hydroxylation is 1. The predicted molar refractivity (Wildman–Crippen MR) is 97.5 cm³/mol. The molecule has 0 saturated heterocycles. The molecule has 2 aromatic carbocycles. The van der Waals surface area contributed by atoms with Gasteiger partial charge in [-0.05, 0) is 49.6 Å². The third-order valence-corrected chi connectivity index (χ3v) is 4.82. The third kappa shape index (κ3) is 3.67. The molecule has 3 rings (SSSR count). The highest BCUT2D eigenvalue weighted by atomic mass is 79.9. The second kappa shape index (κ2) is 6.77. The summed E-state index contributed by atoms with van der Waals surface area (Å²) in [5.41, 5.74) is 1.98. The zero-order valence-corrected chi connectivity index (χ0v) is 15.0. The van der Waals surface area contributed by atoms with Crippen LogP contribution in [0.3, 0.4) is 0 Å². The zero-order valence-electron chi connectivity index (χ0n) is 13.4. The lowest BCUT2D eigenvalue weighted by molar-refractivity contribution is -0.134. The molecule has 2 amide bonds. The lowest BCUT2D eigenvalue weighted by Crippen LogP contribution is -2.39. The van der Waals surface area contributed by atoms with Crippen LogP contribution in [0.5, 0.6) is 0 Å². The van der Waals surface area contributed by atoms with E-state index in [1.165, 1.54) is 5.56 Å². The monoisotopic (exact) mass is 386 g/mol. The smallest absolute Gasteiger partial charge is 0.240 e. The van der Waals surface area contributed by atoms with Crippen LogP contribution in [0.25, 0.3) is 0 Å². The van der Waals surface area contributed by atoms with E-state index in [4.69, 9.17) is 0 Å². The number of nitrogens with one attached hydrogen (secondary N) is 2. The van der Waals surface area contributed by atoms with Crippen molar-refractivity contribution >= 4 is 33.4 Å². The molecule has 5 heteroatoms. The normalized spacial score (nSPS) is 14.8. The Morgan fingerprint density at radius 1 is 1.00 bits per heavy atom. The molecular formula is C19H19BrN2O2. The van der Waals surface area contributed by atoms with Gasteiger partial charge in [0.05, 0.1) is 0 Å². The molecule has 0 unspecified atom stereocenters. The standard InChI is InChI=1S/C19H19BrN2O2/c1-13-2-4-14(5-3-13)12-21-17(23)19(10-11-19)18(24)22-16-8-6-15(20)7-9-16/h2-9H,10-12H2,1H3,(H,21,23)(H,22,24). The lowest BCUT2D eigenvalue weighted by Gasteiger charge is -2.15. The molecule has 0 spiro atoms. The number of anilines is 1. The highest BCUT2D eigenvalue weighted by Gasteiger charge is 2.56. The van der Waals surface area contributed by atoms with Gasteiger partial charge in [-0.3, -0.25) is 9.59 Å². The molecule has 24 heavy (non-hydrogen) atoms. The summed E-state index contributed by atoms with van der Waals surface area (Å²) in [4.78, 5) is 25.0. The van der Waals surface area contributed by atoms with Crippen LogP contribution in [0, 0.1) is 12.3 Å². The SMILES string of the molecule is Cc1ccc(CNC(=O)C2(C(=O)Nc3ccc(Br)cc3)CC2)cc1. The number of rotatable bonds is 5. The molecule has 0 aliphatic heterocycles. The Hall–Kier alpha value is -2.14. The molecule has 1 saturated carbocycles. The van der Waals surface area contributed by atoms with Crippen molar-refractivity contribution in [2.45, 2.75) is 26.3 Å². The average molecular weight is 387 g/mol. The Kier molecular flexibility index (Phi) is 4.71. The summed E-state index contributed by atoms with van der Waals surface area (Å²) in [6, 6.07) is 15.3. The molecule has 0 bridgehead atoms. The quantitative estimate of drug-likeness (QED) is 0.767. The van der Waals surface area contributed by atoms with Gasteiger partial charge in [-0.25, -0.2) is 0 Å². The summed E-state index contributed by atoms with van der Waals surface area (Å²) in [6.45, 7) is 2.46. The van der Waals surface area contributed by atoms with Crippen molar-refractivity contribution in [2.75, 3.05) is 5.32 Å². The average Bonchev–Trinajstić information content (AvgIpc) is 3.38. The van der Waals surface area contributed by atoms with Crippen molar-refractivity contribution < 1.29 is 9.59 Å². The number of hydrogen-bond acceptors (Lipinski definition) is 2. The first kappa shape index (κ1) is 16.7. The van der Waals surface area contributed by atoms with E-state index < -0.39 is 5.41 Å². The minimum atomic E-state index is -0.919.